The van der Waals surface area contributed by atoms with Crippen LogP contribution in [0.5, 0.6) is 0 Å². The van der Waals surface area contributed by atoms with Gasteiger partial charge in [-0.15, -0.1) is 0 Å². The molecule has 0 heterocycles. The van der Waals surface area contributed by atoms with Gasteiger partial charge in [0.15, 0.2) is 0 Å². The number of ketones is 1. The van der Waals surface area contributed by atoms with Crippen molar-refractivity contribution in [3.63, 3.8) is 0 Å². The minimum absolute atomic E-state index is 0.409. The summed E-state index contributed by atoms with van der Waals surface area (Å²) < 4.78 is 0. The lowest BCUT2D eigenvalue weighted by molar-refractivity contribution is -0.127. The molecule has 4 aliphatic carbocycles. The number of carbonyl (C=O) groups excluding carboxylic acids is 1. The van der Waals surface area contributed by atoms with Crippen LogP contribution < -0.4 is 0 Å². The number of hydrogen-bond donors (Lipinski definition) is 0. The molecule has 0 aromatic carbocycles. The highest BCUT2D eigenvalue weighted by Gasteiger charge is 2.55. The van der Waals surface area contributed by atoms with E-state index in [0.29, 0.717) is 22.5 Å². The first-order chi connectivity index (χ1) is 13.7. The van der Waals surface area contributed by atoms with Gasteiger partial charge in [0.05, 0.1) is 0 Å². The Morgan fingerprint density at radius 1 is 0.931 bits per heavy atom. The van der Waals surface area contributed by atoms with Crippen molar-refractivity contribution < 1.29 is 4.79 Å². The van der Waals surface area contributed by atoms with Crippen LogP contribution in [0.15, 0.2) is 11.1 Å². The summed E-state index contributed by atoms with van der Waals surface area (Å²) in [5.74, 6) is 5.40. The van der Waals surface area contributed by atoms with Crippen LogP contribution in [0.2, 0.25) is 0 Å². The van der Waals surface area contributed by atoms with E-state index in [1.165, 1.54) is 51.4 Å². The van der Waals surface area contributed by atoms with Gasteiger partial charge >= 0.3 is 0 Å². The molecule has 0 bridgehead atoms. The summed E-state index contributed by atoms with van der Waals surface area (Å²) in [6.07, 6.45) is 13.9. The van der Waals surface area contributed by atoms with Crippen LogP contribution in [0.25, 0.3) is 0 Å². The first-order valence-electron chi connectivity index (χ1n) is 12.9. The first-order valence-corrected chi connectivity index (χ1v) is 12.9. The molecule has 0 saturated heterocycles. The third kappa shape index (κ3) is 3.57. The Hall–Kier alpha value is -0.590. The molecule has 0 radical (unpaired) electrons. The predicted octanol–water partition coefficient (Wildman–Crippen LogP) is 7.99. The second-order valence-corrected chi connectivity index (χ2v) is 12.4. The van der Waals surface area contributed by atoms with E-state index >= 15 is 0 Å². The molecule has 3 fully saturated rings. The Morgan fingerprint density at radius 3 is 2.41 bits per heavy atom. The fraction of sp³-hybridized carbons (Fsp3) is 0.893. The predicted molar refractivity (Wildman–Crippen MR) is 123 cm³/mol. The summed E-state index contributed by atoms with van der Waals surface area (Å²) in [5.41, 5.74) is 4.67. The number of hydrogen-bond acceptors (Lipinski definition) is 1. The van der Waals surface area contributed by atoms with Gasteiger partial charge in [0.2, 0.25) is 0 Å². The van der Waals surface area contributed by atoms with Crippen molar-refractivity contribution in [2.75, 3.05) is 0 Å². The SMILES string of the molecule is CC(C)[C@@H](C)CC[C@@H](C)[C@@H]1CCC2=C3CC[C@H]4CC(=O)CC[C@]4(C)[C@@H]3CC[C@]21C. The van der Waals surface area contributed by atoms with Gasteiger partial charge in [-0.05, 0) is 91.3 Å². The molecule has 0 aromatic rings. The zero-order chi connectivity index (χ0) is 21.0. The van der Waals surface area contributed by atoms with Crippen molar-refractivity contribution in [1.29, 1.82) is 0 Å². The summed E-state index contributed by atoms with van der Waals surface area (Å²) in [4.78, 5) is 12.1. The summed E-state index contributed by atoms with van der Waals surface area (Å²) in [5, 5.41) is 0. The Balaban J connectivity index is 1.54. The molecular formula is C28H46O. The fourth-order valence-corrected chi connectivity index (χ4v) is 8.29. The quantitative estimate of drug-likeness (QED) is 0.429. The number of rotatable bonds is 5. The van der Waals surface area contributed by atoms with Gasteiger partial charge in [0.25, 0.3) is 0 Å². The molecule has 0 aromatic heterocycles. The number of fused-ring (bicyclic) bond motifs is 4. The van der Waals surface area contributed by atoms with Crippen molar-refractivity contribution >= 4 is 5.78 Å². The third-order valence-electron chi connectivity index (χ3n) is 10.8. The van der Waals surface area contributed by atoms with Gasteiger partial charge in [-0.1, -0.05) is 65.5 Å². The van der Waals surface area contributed by atoms with Gasteiger partial charge in [-0.25, -0.2) is 0 Å². The van der Waals surface area contributed by atoms with Crippen molar-refractivity contribution in [1.82, 2.24) is 0 Å². The maximum absolute atomic E-state index is 12.1. The molecule has 1 nitrogen and oxygen atoms in total. The molecule has 0 amide bonds. The van der Waals surface area contributed by atoms with E-state index in [4.69, 9.17) is 0 Å². The van der Waals surface area contributed by atoms with Gasteiger partial charge < -0.3 is 0 Å². The van der Waals surface area contributed by atoms with Gasteiger partial charge in [0, 0.05) is 12.8 Å². The molecule has 164 valence electrons. The molecule has 3 saturated carbocycles. The van der Waals surface area contributed by atoms with Crippen LogP contribution >= 0.6 is 0 Å². The monoisotopic (exact) mass is 398 g/mol. The van der Waals surface area contributed by atoms with Gasteiger partial charge in [0.1, 0.15) is 5.78 Å². The highest BCUT2D eigenvalue weighted by Crippen LogP contribution is 2.65. The number of allylic oxidation sites excluding steroid dienone is 2. The van der Waals surface area contributed by atoms with Crippen LogP contribution in [0.1, 0.15) is 112 Å². The van der Waals surface area contributed by atoms with E-state index in [2.05, 4.69) is 41.5 Å². The molecule has 7 atom stereocenters. The minimum Gasteiger partial charge on any atom is -0.300 e. The van der Waals surface area contributed by atoms with Crippen molar-refractivity contribution in [2.24, 2.45) is 46.3 Å². The summed E-state index contributed by atoms with van der Waals surface area (Å²) in [6, 6.07) is 0. The van der Waals surface area contributed by atoms with E-state index in [1.807, 2.05) is 11.1 Å². The highest BCUT2D eigenvalue weighted by molar-refractivity contribution is 5.79. The van der Waals surface area contributed by atoms with Crippen LogP contribution in [-0.4, -0.2) is 5.78 Å². The maximum atomic E-state index is 12.1. The maximum Gasteiger partial charge on any atom is 0.133 e. The molecule has 0 unspecified atom stereocenters. The molecular weight excluding hydrogens is 352 g/mol. The molecule has 0 aliphatic heterocycles. The van der Waals surface area contributed by atoms with E-state index in [0.717, 1.165) is 48.9 Å². The van der Waals surface area contributed by atoms with Gasteiger partial charge in [-0.3, -0.25) is 4.79 Å². The Kier molecular flexibility index (Phi) is 5.84. The Bertz CT molecular complexity index is 672. The number of carbonyl (C=O) groups is 1. The van der Waals surface area contributed by atoms with Crippen molar-refractivity contribution in [3.8, 4) is 0 Å². The lowest BCUT2D eigenvalue weighted by atomic mass is 9.49. The molecule has 4 rings (SSSR count). The number of Topliss-reactive ketones (excluding diaryl/α,β-unsaturated/α-hetero) is 1. The standard InChI is InChI=1S/C28H46O/c1-18(2)19(3)7-8-20(4)24-11-12-25-23-10-9-21-17-22(29)13-15-27(21,5)26(23)14-16-28(24,25)6/h18-21,24,26H,7-17H2,1-6H3/t19-,20+,21-,24-,26+,27-,28-/m0/s1. The van der Waals surface area contributed by atoms with E-state index in [1.54, 1.807) is 0 Å². The molecule has 4 aliphatic rings. The second kappa shape index (κ2) is 7.83. The molecule has 1 heteroatoms. The summed E-state index contributed by atoms with van der Waals surface area (Å²) >= 11 is 0. The van der Waals surface area contributed by atoms with Crippen molar-refractivity contribution in [3.05, 3.63) is 11.1 Å². The fourth-order valence-electron chi connectivity index (χ4n) is 8.29. The molecule has 29 heavy (non-hydrogen) atoms. The van der Waals surface area contributed by atoms with Crippen LogP contribution in [-0.2, 0) is 4.79 Å². The zero-order valence-electron chi connectivity index (χ0n) is 20.2. The van der Waals surface area contributed by atoms with Gasteiger partial charge in [-0.2, -0.15) is 0 Å². The minimum atomic E-state index is 0.409. The first kappa shape index (κ1) is 21.6. The van der Waals surface area contributed by atoms with Crippen molar-refractivity contribution in [2.45, 2.75) is 112 Å². The van der Waals surface area contributed by atoms with Crippen LogP contribution in [0.4, 0.5) is 0 Å². The average molecular weight is 399 g/mol. The summed E-state index contributed by atoms with van der Waals surface area (Å²) in [6.45, 7) is 15.0. The Morgan fingerprint density at radius 2 is 1.69 bits per heavy atom. The van der Waals surface area contributed by atoms with Crippen LogP contribution in [0.3, 0.4) is 0 Å². The summed E-state index contributed by atoms with van der Waals surface area (Å²) in [7, 11) is 0. The third-order valence-corrected chi connectivity index (χ3v) is 10.8. The van der Waals surface area contributed by atoms with E-state index in [9.17, 15) is 4.79 Å². The topological polar surface area (TPSA) is 17.1 Å². The average Bonchev–Trinajstić information content (AvgIpc) is 3.03. The second-order valence-electron chi connectivity index (χ2n) is 12.4. The lowest BCUT2D eigenvalue weighted by Crippen LogP contribution is -2.47. The normalized spacial score (nSPS) is 41.8. The smallest absolute Gasteiger partial charge is 0.133 e. The van der Waals surface area contributed by atoms with E-state index in [-0.39, 0.29) is 0 Å². The van der Waals surface area contributed by atoms with E-state index < -0.39 is 0 Å². The molecule has 0 spiro atoms. The Labute approximate surface area is 180 Å². The van der Waals surface area contributed by atoms with Crippen LogP contribution in [0, 0.1) is 46.3 Å². The lowest BCUT2D eigenvalue weighted by Gasteiger charge is -2.56. The zero-order valence-corrected chi connectivity index (χ0v) is 20.2. The molecule has 0 N–H and O–H groups in total. The highest BCUT2D eigenvalue weighted by atomic mass is 16.1. The largest absolute Gasteiger partial charge is 0.300 e.